The molecule has 1 N–H and O–H groups in total. The van der Waals surface area contributed by atoms with E-state index in [1.165, 1.54) is 23.1 Å². The molecule has 1 amide bonds. The molecule has 1 aliphatic heterocycles. The molecule has 2 aromatic rings. The number of pyridine rings is 1. The van der Waals surface area contributed by atoms with Gasteiger partial charge in [-0.3, -0.25) is 15.0 Å². The second kappa shape index (κ2) is 8.27. The maximum Gasteiger partial charge on any atom is 0.260 e. The van der Waals surface area contributed by atoms with Crippen molar-refractivity contribution in [1.82, 2.24) is 14.9 Å². The molecule has 2 aromatic heterocycles. The Bertz CT molecular complexity index is 727. The Labute approximate surface area is 156 Å². The van der Waals surface area contributed by atoms with E-state index in [1.807, 2.05) is 11.6 Å². The standard InChI is InChI=1S/C17H22N4O2S2/c1-11-7-21(8-12(2)23-11)9-13-10-25-17(19-13)20-15(22)14-5-4-6-18-16(14)24-3/h4-6,10-12H,7-9H2,1-3H3,(H,19,20,22)/t11-,12-/m1/s1. The first-order chi connectivity index (χ1) is 12.0. The Kier molecular flexibility index (Phi) is 6.06. The number of amides is 1. The van der Waals surface area contributed by atoms with Crippen molar-refractivity contribution >= 4 is 34.1 Å². The smallest absolute Gasteiger partial charge is 0.260 e. The molecule has 0 bridgehead atoms. The van der Waals surface area contributed by atoms with Crippen LogP contribution in [0.3, 0.4) is 0 Å². The Morgan fingerprint density at radius 1 is 1.44 bits per heavy atom. The van der Waals surface area contributed by atoms with Crippen LogP contribution in [0.1, 0.15) is 29.9 Å². The van der Waals surface area contributed by atoms with Gasteiger partial charge in [0.15, 0.2) is 5.13 Å². The number of rotatable bonds is 5. The first-order valence-electron chi connectivity index (χ1n) is 8.17. The summed E-state index contributed by atoms with van der Waals surface area (Å²) in [6.45, 7) is 6.75. The molecule has 3 heterocycles. The minimum absolute atomic E-state index is 0.174. The maximum absolute atomic E-state index is 12.5. The summed E-state index contributed by atoms with van der Waals surface area (Å²) in [5.41, 5.74) is 1.54. The van der Waals surface area contributed by atoms with Gasteiger partial charge in [0.05, 0.1) is 23.5 Å². The maximum atomic E-state index is 12.5. The van der Waals surface area contributed by atoms with Crippen LogP contribution in [0.5, 0.6) is 0 Å². The van der Waals surface area contributed by atoms with E-state index in [9.17, 15) is 4.79 Å². The molecule has 134 valence electrons. The number of aromatic nitrogens is 2. The van der Waals surface area contributed by atoms with Crippen molar-refractivity contribution in [3.8, 4) is 0 Å². The number of hydrogen-bond acceptors (Lipinski definition) is 7. The second-order valence-electron chi connectivity index (χ2n) is 6.11. The predicted molar refractivity (Wildman–Crippen MR) is 101 cm³/mol. The summed E-state index contributed by atoms with van der Waals surface area (Å²) in [6, 6.07) is 3.54. The molecule has 3 rings (SSSR count). The van der Waals surface area contributed by atoms with E-state index in [-0.39, 0.29) is 18.1 Å². The van der Waals surface area contributed by atoms with Crippen molar-refractivity contribution in [3.05, 3.63) is 35.0 Å². The average Bonchev–Trinajstić information content (AvgIpc) is 3.00. The molecule has 0 saturated carbocycles. The molecule has 0 unspecified atom stereocenters. The zero-order valence-corrected chi connectivity index (χ0v) is 16.2. The molecule has 1 aliphatic rings. The number of carbonyl (C=O) groups excluding carboxylic acids is 1. The zero-order valence-electron chi connectivity index (χ0n) is 14.6. The van der Waals surface area contributed by atoms with Crippen LogP contribution in [-0.4, -0.2) is 52.3 Å². The van der Waals surface area contributed by atoms with Gasteiger partial charge < -0.3 is 4.74 Å². The summed E-state index contributed by atoms with van der Waals surface area (Å²) in [6.07, 6.45) is 4.06. The second-order valence-corrected chi connectivity index (χ2v) is 7.76. The van der Waals surface area contributed by atoms with Crippen molar-refractivity contribution in [2.75, 3.05) is 24.7 Å². The van der Waals surface area contributed by atoms with E-state index in [0.29, 0.717) is 15.7 Å². The number of nitrogens with zero attached hydrogens (tertiary/aromatic N) is 3. The van der Waals surface area contributed by atoms with Crippen LogP contribution < -0.4 is 5.32 Å². The summed E-state index contributed by atoms with van der Waals surface area (Å²) < 4.78 is 5.76. The van der Waals surface area contributed by atoms with Crippen LogP contribution in [-0.2, 0) is 11.3 Å². The third kappa shape index (κ3) is 4.78. The Morgan fingerprint density at radius 2 is 2.20 bits per heavy atom. The van der Waals surface area contributed by atoms with Crippen molar-refractivity contribution in [2.45, 2.75) is 37.6 Å². The monoisotopic (exact) mass is 378 g/mol. The highest BCUT2D eigenvalue weighted by molar-refractivity contribution is 7.98. The fourth-order valence-corrected chi connectivity index (χ4v) is 4.21. The minimum Gasteiger partial charge on any atom is -0.373 e. The van der Waals surface area contributed by atoms with E-state index >= 15 is 0 Å². The molecular weight excluding hydrogens is 356 g/mol. The molecule has 1 saturated heterocycles. The van der Waals surface area contributed by atoms with E-state index in [1.54, 1.807) is 18.3 Å². The van der Waals surface area contributed by atoms with Crippen molar-refractivity contribution in [1.29, 1.82) is 0 Å². The number of nitrogens with one attached hydrogen (secondary N) is 1. The van der Waals surface area contributed by atoms with E-state index in [2.05, 4.69) is 34.0 Å². The van der Waals surface area contributed by atoms with Gasteiger partial charge in [0, 0.05) is 31.2 Å². The third-order valence-corrected chi connectivity index (χ3v) is 5.38. The number of morpholine rings is 1. The van der Waals surface area contributed by atoms with E-state index in [4.69, 9.17) is 4.74 Å². The molecule has 8 heteroatoms. The largest absolute Gasteiger partial charge is 0.373 e. The lowest BCUT2D eigenvalue weighted by atomic mass is 10.2. The normalized spacial score (nSPS) is 21.2. The highest BCUT2D eigenvalue weighted by Crippen LogP contribution is 2.22. The number of thiazole rings is 1. The molecule has 0 spiro atoms. The van der Waals surface area contributed by atoms with Gasteiger partial charge in [-0.05, 0) is 32.2 Å². The summed E-state index contributed by atoms with van der Waals surface area (Å²) >= 11 is 2.90. The molecule has 2 atom stereocenters. The van der Waals surface area contributed by atoms with Crippen LogP contribution in [0.2, 0.25) is 0 Å². The summed E-state index contributed by atoms with van der Waals surface area (Å²) in [7, 11) is 0. The zero-order chi connectivity index (χ0) is 17.8. The quantitative estimate of drug-likeness (QED) is 0.807. The van der Waals surface area contributed by atoms with Crippen molar-refractivity contribution < 1.29 is 9.53 Å². The highest BCUT2D eigenvalue weighted by Gasteiger charge is 2.23. The molecule has 0 aliphatic carbocycles. The number of ether oxygens (including phenoxy) is 1. The predicted octanol–water partition coefficient (Wildman–Crippen LogP) is 3.12. The van der Waals surface area contributed by atoms with E-state index < -0.39 is 0 Å². The lowest BCUT2D eigenvalue weighted by Crippen LogP contribution is -2.44. The SMILES string of the molecule is CSc1ncccc1C(=O)Nc1nc(CN2C[C@@H](C)O[C@H](C)C2)cs1. The van der Waals surface area contributed by atoms with Gasteiger partial charge in [-0.2, -0.15) is 0 Å². The van der Waals surface area contributed by atoms with Crippen LogP contribution in [0.4, 0.5) is 5.13 Å². The van der Waals surface area contributed by atoms with Crippen molar-refractivity contribution in [2.24, 2.45) is 0 Å². The fraction of sp³-hybridized carbons (Fsp3) is 0.471. The van der Waals surface area contributed by atoms with Gasteiger partial charge in [0.2, 0.25) is 0 Å². The average molecular weight is 379 g/mol. The van der Waals surface area contributed by atoms with Gasteiger partial charge in [-0.25, -0.2) is 9.97 Å². The molecule has 1 fully saturated rings. The Morgan fingerprint density at radius 3 is 2.92 bits per heavy atom. The van der Waals surface area contributed by atoms with Gasteiger partial charge in [-0.1, -0.05) is 0 Å². The lowest BCUT2D eigenvalue weighted by Gasteiger charge is -2.34. The Hall–Kier alpha value is -1.48. The third-order valence-electron chi connectivity index (χ3n) is 3.86. The molecule has 6 nitrogen and oxygen atoms in total. The molecular formula is C17H22N4O2S2. The summed E-state index contributed by atoms with van der Waals surface area (Å²) in [5.74, 6) is -0.174. The van der Waals surface area contributed by atoms with Crippen LogP contribution >= 0.6 is 23.1 Å². The molecule has 25 heavy (non-hydrogen) atoms. The van der Waals surface area contributed by atoms with Gasteiger partial charge in [0.1, 0.15) is 5.03 Å². The van der Waals surface area contributed by atoms with Crippen LogP contribution in [0.25, 0.3) is 0 Å². The summed E-state index contributed by atoms with van der Waals surface area (Å²) in [5, 5.41) is 6.21. The first-order valence-corrected chi connectivity index (χ1v) is 10.3. The first kappa shape index (κ1) is 18.3. The number of carbonyl (C=O) groups is 1. The fourth-order valence-electron chi connectivity index (χ4n) is 2.97. The summed E-state index contributed by atoms with van der Waals surface area (Å²) in [4.78, 5) is 23.6. The molecule has 0 radical (unpaired) electrons. The van der Waals surface area contributed by atoms with Crippen LogP contribution in [0.15, 0.2) is 28.7 Å². The molecule has 0 aromatic carbocycles. The topological polar surface area (TPSA) is 67.4 Å². The van der Waals surface area contributed by atoms with Crippen LogP contribution in [0, 0.1) is 0 Å². The number of hydrogen-bond donors (Lipinski definition) is 1. The number of anilines is 1. The minimum atomic E-state index is -0.174. The lowest BCUT2D eigenvalue weighted by molar-refractivity contribution is -0.0707. The van der Waals surface area contributed by atoms with Crippen molar-refractivity contribution in [3.63, 3.8) is 0 Å². The van der Waals surface area contributed by atoms with E-state index in [0.717, 1.165) is 25.3 Å². The highest BCUT2D eigenvalue weighted by atomic mass is 32.2. The number of thioether (sulfide) groups is 1. The Balaban J connectivity index is 1.62. The van der Waals surface area contributed by atoms with Gasteiger partial charge >= 0.3 is 0 Å². The van der Waals surface area contributed by atoms with Gasteiger partial charge in [0.25, 0.3) is 5.91 Å². The van der Waals surface area contributed by atoms with Gasteiger partial charge in [-0.15, -0.1) is 23.1 Å².